The summed E-state index contributed by atoms with van der Waals surface area (Å²) in [7, 11) is 0. The number of aryl methyl sites for hydroxylation is 1. The van der Waals surface area contributed by atoms with E-state index in [2.05, 4.69) is 104 Å². The van der Waals surface area contributed by atoms with Crippen molar-refractivity contribution in [3.05, 3.63) is 92.3 Å². The topological polar surface area (TPSA) is 30.7 Å². The molecular formula is C21H18BrN3S2. The van der Waals surface area contributed by atoms with Crippen LogP contribution in [0.2, 0.25) is 0 Å². The van der Waals surface area contributed by atoms with Crippen molar-refractivity contribution in [2.75, 3.05) is 0 Å². The van der Waals surface area contributed by atoms with Gasteiger partial charge in [0, 0.05) is 27.2 Å². The standard InChI is InChI=1S/C21H18BrN3S2/c1-15-4-10-18(11-5-15)25-20(13-19-3-2-12-26-19)23-24-21(25)27-14-16-6-8-17(22)9-7-16/h2-12H,13-14H2,1H3. The largest absolute Gasteiger partial charge is 0.274 e. The van der Waals surface area contributed by atoms with Crippen molar-refractivity contribution >= 4 is 39.0 Å². The van der Waals surface area contributed by atoms with Crippen LogP contribution in [0.25, 0.3) is 5.69 Å². The van der Waals surface area contributed by atoms with Crippen LogP contribution in [0.5, 0.6) is 0 Å². The van der Waals surface area contributed by atoms with Crippen molar-refractivity contribution in [2.45, 2.75) is 24.3 Å². The van der Waals surface area contributed by atoms with Gasteiger partial charge in [-0.25, -0.2) is 0 Å². The molecule has 0 saturated heterocycles. The smallest absolute Gasteiger partial charge is 0.196 e. The molecule has 0 spiro atoms. The molecule has 2 heterocycles. The summed E-state index contributed by atoms with van der Waals surface area (Å²) >= 11 is 6.96. The number of hydrogen-bond acceptors (Lipinski definition) is 4. The quantitative estimate of drug-likeness (QED) is 0.320. The maximum Gasteiger partial charge on any atom is 0.196 e. The number of nitrogens with zero attached hydrogens (tertiary/aromatic N) is 3. The highest BCUT2D eigenvalue weighted by molar-refractivity contribution is 9.10. The summed E-state index contributed by atoms with van der Waals surface area (Å²) in [5, 5.41) is 12.0. The molecule has 6 heteroatoms. The van der Waals surface area contributed by atoms with Crippen LogP contribution in [-0.4, -0.2) is 14.8 Å². The van der Waals surface area contributed by atoms with Gasteiger partial charge < -0.3 is 0 Å². The van der Waals surface area contributed by atoms with Gasteiger partial charge >= 0.3 is 0 Å². The highest BCUT2D eigenvalue weighted by Gasteiger charge is 2.15. The van der Waals surface area contributed by atoms with Gasteiger partial charge in [0.2, 0.25) is 0 Å². The number of hydrogen-bond donors (Lipinski definition) is 0. The van der Waals surface area contributed by atoms with Gasteiger partial charge in [-0.05, 0) is 48.2 Å². The first kappa shape index (κ1) is 18.5. The average molecular weight is 456 g/mol. The molecule has 0 bridgehead atoms. The molecule has 0 N–H and O–H groups in total. The van der Waals surface area contributed by atoms with E-state index in [1.165, 1.54) is 16.0 Å². The summed E-state index contributed by atoms with van der Waals surface area (Å²) in [5.74, 6) is 1.83. The Hall–Kier alpha value is -1.89. The first-order valence-electron chi connectivity index (χ1n) is 8.60. The van der Waals surface area contributed by atoms with E-state index in [-0.39, 0.29) is 0 Å². The Balaban J connectivity index is 1.64. The molecule has 0 fully saturated rings. The van der Waals surface area contributed by atoms with Gasteiger partial charge in [-0.1, -0.05) is 63.6 Å². The van der Waals surface area contributed by atoms with Crippen molar-refractivity contribution < 1.29 is 0 Å². The molecule has 0 unspecified atom stereocenters. The van der Waals surface area contributed by atoms with E-state index in [0.717, 1.165) is 33.3 Å². The molecule has 136 valence electrons. The van der Waals surface area contributed by atoms with Crippen molar-refractivity contribution in [3.63, 3.8) is 0 Å². The first-order valence-corrected chi connectivity index (χ1v) is 11.3. The lowest BCUT2D eigenvalue weighted by atomic mass is 10.2. The lowest BCUT2D eigenvalue weighted by molar-refractivity contribution is 0.850. The summed E-state index contributed by atoms with van der Waals surface area (Å²) < 4.78 is 3.28. The predicted octanol–water partition coefficient (Wildman–Crippen LogP) is 6.28. The van der Waals surface area contributed by atoms with Gasteiger partial charge in [0.15, 0.2) is 5.16 Å². The molecule has 0 saturated carbocycles. The van der Waals surface area contributed by atoms with Gasteiger partial charge in [-0.3, -0.25) is 4.57 Å². The number of rotatable bonds is 6. The minimum Gasteiger partial charge on any atom is -0.274 e. The lowest BCUT2D eigenvalue weighted by Gasteiger charge is -2.10. The number of benzene rings is 2. The second-order valence-electron chi connectivity index (χ2n) is 6.24. The fourth-order valence-corrected chi connectivity index (χ4v) is 4.65. The minimum absolute atomic E-state index is 0.789. The summed E-state index contributed by atoms with van der Waals surface area (Å²) in [4.78, 5) is 1.29. The van der Waals surface area contributed by atoms with Crippen molar-refractivity contribution in [2.24, 2.45) is 0 Å². The molecule has 0 aliphatic rings. The maximum atomic E-state index is 4.51. The third kappa shape index (κ3) is 4.51. The van der Waals surface area contributed by atoms with E-state index in [1.54, 1.807) is 23.1 Å². The summed E-state index contributed by atoms with van der Waals surface area (Å²) in [6.45, 7) is 2.10. The SMILES string of the molecule is Cc1ccc(-n2c(Cc3cccs3)nnc2SCc2ccc(Br)cc2)cc1. The first-order chi connectivity index (χ1) is 13.2. The Morgan fingerprint density at radius 3 is 2.48 bits per heavy atom. The van der Waals surface area contributed by atoms with Crippen LogP contribution < -0.4 is 0 Å². The number of thioether (sulfide) groups is 1. The summed E-state index contributed by atoms with van der Waals surface area (Å²) in [6, 6.07) is 21.2. The third-order valence-corrected chi connectivity index (χ3v) is 6.59. The second-order valence-corrected chi connectivity index (χ2v) is 9.13. The van der Waals surface area contributed by atoms with Gasteiger partial charge in [0.1, 0.15) is 5.82 Å². The monoisotopic (exact) mass is 455 g/mol. The van der Waals surface area contributed by atoms with Crippen LogP contribution in [0.15, 0.2) is 75.7 Å². The Kier molecular flexibility index (Phi) is 5.76. The fraction of sp³-hybridized carbons (Fsp3) is 0.143. The molecule has 0 aliphatic heterocycles. The molecule has 2 aromatic carbocycles. The molecule has 0 radical (unpaired) electrons. The number of thiophene rings is 1. The Morgan fingerprint density at radius 2 is 1.78 bits per heavy atom. The summed E-state index contributed by atoms with van der Waals surface area (Å²) in [5.41, 5.74) is 3.62. The van der Waals surface area contributed by atoms with Gasteiger partial charge in [0.05, 0.1) is 0 Å². The van der Waals surface area contributed by atoms with Crippen LogP contribution in [0.1, 0.15) is 21.8 Å². The maximum absolute atomic E-state index is 4.51. The van der Waals surface area contributed by atoms with E-state index in [4.69, 9.17) is 0 Å². The van der Waals surface area contributed by atoms with Crippen molar-refractivity contribution in [3.8, 4) is 5.69 Å². The Bertz CT molecular complexity index is 1010. The molecule has 3 nitrogen and oxygen atoms in total. The van der Waals surface area contributed by atoms with E-state index >= 15 is 0 Å². The Morgan fingerprint density at radius 1 is 1.00 bits per heavy atom. The van der Waals surface area contributed by atoms with Crippen LogP contribution in [0, 0.1) is 6.92 Å². The molecule has 0 amide bonds. The molecule has 4 aromatic rings. The molecular weight excluding hydrogens is 438 g/mol. The van der Waals surface area contributed by atoms with E-state index in [9.17, 15) is 0 Å². The summed E-state index contributed by atoms with van der Waals surface area (Å²) in [6.07, 6.45) is 0.789. The average Bonchev–Trinajstić information content (AvgIpc) is 3.33. The van der Waals surface area contributed by atoms with Crippen molar-refractivity contribution in [1.82, 2.24) is 14.8 Å². The van der Waals surface area contributed by atoms with Gasteiger partial charge in [-0.15, -0.1) is 21.5 Å². The number of halogens is 1. The minimum atomic E-state index is 0.789. The van der Waals surface area contributed by atoms with Gasteiger partial charge in [-0.2, -0.15) is 0 Å². The highest BCUT2D eigenvalue weighted by Crippen LogP contribution is 2.27. The normalized spacial score (nSPS) is 11.0. The lowest BCUT2D eigenvalue weighted by Crippen LogP contribution is -2.03. The predicted molar refractivity (Wildman–Crippen MR) is 117 cm³/mol. The zero-order valence-corrected chi connectivity index (χ0v) is 18.0. The molecule has 2 aromatic heterocycles. The zero-order valence-electron chi connectivity index (χ0n) is 14.8. The van der Waals surface area contributed by atoms with E-state index in [0.29, 0.717) is 0 Å². The van der Waals surface area contributed by atoms with Crippen LogP contribution in [0.3, 0.4) is 0 Å². The third-order valence-electron chi connectivity index (χ3n) is 4.19. The van der Waals surface area contributed by atoms with Gasteiger partial charge in [0.25, 0.3) is 0 Å². The molecule has 0 atom stereocenters. The van der Waals surface area contributed by atoms with Crippen LogP contribution in [0.4, 0.5) is 0 Å². The second kappa shape index (κ2) is 8.42. The molecule has 4 rings (SSSR count). The zero-order chi connectivity index (χ0) is 18.6. The molecule has 27 heavy (non-hydrogen) atoms. The Labute approximate surface area is 175 Å². The van der Waals surface area contributed by atoms with E-state index < -0.39 is 0 Å². The highest BCUT2D eigenvalue weighted by atomic mass is 79.9. The van der Waals surface area contributed by atoms with Crippen molar-refractivity contribution in [1.29, 1.82) is 0 Å². The van der Waals surface area contributed by atoms with Crippen LogP contribution >= 0.6 is 39.0 Å². The van der Waals surface area contributed by atoms with E-state index in [1.807, 2.05) is 0 Å². The van der Waals surface area contributed by atoms with Crippen LogP contribution in [-0.2, 0) is 12.2 Å². The fourth-order valence-electron chi connectivity index (χ4n) is 2.76. The number of aromatic nitrogens is 3. The molecule has 0 aliphatic carbocycles.